The molecule has 1 saturated carbocycles. The van der Waals surface area contributed by atoms with Gasteiger partial charge in [-0.3, -0.25) is 4.79 Å². The van der Waals surface area contributed by atoms with Crippen molar-refractivity contribution in [2.45, 2.75) is 20.8 Å². The lowest BCUT2D eigenvalue weighted by atomic mass is 9.85. The second-order valence-corrected chi connectivity index (χ2v) is 4.75. The quantitative estimate of drug-likeness (QED) is 0.680. The molecule has 0 radical (unpaired) electrons. The van der Waals surface area contributed by atoms with Gasteiger partial charge in [0.05, 0.1) is 18.1 Å². The van der Waals surface area contributed by atoms with Crippen LogP contribution >= 0.6 is 0 Å². The Kier molecular flexibility index (Phi) is 2.04. The van der Waals surface area contributed by atoms with Crippen molar-refractivity contribution in [3.05, 3.63) is 0 Å². The van der Waals surface area contributed by atoms with E-state index < -0.39 is 17.3 Å². The molecule has 0 bridgehead atoms. The summed E-state index contributed by atoms with van der Waals surface area (Å²) in [6.45, 7) is 5.55. The molecular weight excluding hydrogens is 180 g/mol. The van der Waals surface area contributed by atoms with Crippen molar-refractivity contribution in [2.24, 2.45) is 22.7 Å². The number of hydrogen-bond donors (Lipinski definition) is 1. The molecule has 0 aromatic heterocycles. The molecule has 14 heavy (non-hydrogen) atoms. The fourth-order valence-electron chi connectivity index (χ4n) is 2.21. The molecule has 1 N–H and O–H groups in total. The molecule has 1 fully saturated rings. The summed E-state index contributed by atoms with van der Waals surface area (Å²) in [7, 11) is 0. The molecule has 0 heterocycles. The summed E-state index contributed by atoms with van der Waals surface area (Å²) in [5.74, 6) is -2.26. The SMILES string of the molecule is CC(C)(C)[C@@H]1[C@@H](C(=O)O)C1(C#N)C#N. The van der Waals surface area contributed by atoms with Gasteiger partial charge < -0.3 is 5.11 Å². The number of nitriles is 2. The van der Waals surface area contributed by atoms with E-state index in [1.807, 2.05) is 32.9 Å². The summed E-state index contributed by atoms with van der Waals surface area (Å²) in [6, 6.07) is 3.70. The first kappa shape index (κ1) is 10.5. The fraction of sp³-hybridized carbons (Fsp3) is 0.700. The first-order chi connectivity index (χ1) is 6.31. The molecular formula is C10H12N2O2. The summed E-state index contributed by atoms with van der Waals surface area (Å²) in [5, 5.41) is 26.6. The predicted octanol–water partition coefficient (Wildman–Crippen LogP) is 1.40. The third-order valence-corrected chi connectivity index (χ3v) is 2.77. The molecule has 1 aliphatic carbocycles. The summed E-state index contributed by atoms with van der Waals surface area (Å²) in [4.78, 5) is 10.8. The first-order valence-electron chi connectivity index (χ1n) is 4.36. The van der Waals surface area contributed by atoms with E-state index in [1.165, 1.54) is 0 Å². The minimum absolute atomic E-state index is 0.325. The van der Waals surface area contributed by atoms with Crippen LogP contribution in [0.1, 0.15) is 20.8 Å². The van der Waals surface area contributed by atoms with Crippen LogP contribution in [0, 0.1) is 45.3 Å². The Bertz CT molecular complexity index is 340. The van der Waals surface area contributed by atoms with E-state index in [0.29, 0.717) is 0 Å². The molecule has 1 rings (SSSR count). The van der Waals surface area contributed by atoms with E-state index in [1.54, 1.807) is 0 Å². The highest BCUT2D eigenvalue weighted by Crippen LogP contribution is 2.65. The summed E-state index contributed by atoms with van der Waals surface area (Å²) < 4.78 is 0. The maximum absolute atomic E-state index is 10.8. The van der Waals surface area contributed by atoms with Crippen LogP contribution in [0.4, 0.5) is 0 Å². The van der Waals surface area contributed by atoms with Gasteiger partial charge in [0, 0.05) is 5.92 Å². The van der Waals surface area contributed by atoms with Crippen LogP contribution in [0.25, 0.3) is 0 Å². The number of carboxylic acid groups (broad SMARTS) is 1. The third kappa shape index (κ3) is 1.15. The monoisotopic (exact) mass is 192 g/mol. The highest BCUT2D eigenvalue weighted by molar-refractivity contribution is 5.78. The first-order valence-corrected chi connectivity index (χ1v) is 4.36. The number of nitrogens with zero attached hydrogens (tertiary/aromatic N) is 2. The van der Waals surface area contributed by atoms with Crippen molar-refractivity contribution in [1.29, 1.82) is 10.5 Å². The Hall–Kier alpha value is -1.55. The van der Waals surface area contributed by atoms with Crippen molar-refractivity contribution in [3.63, 3.8) is 0 Å². The van der Waals surface area contributed by atoms with Gasteiger partial charge in [0.1, 0.15) is 0 Å². The average molecular weight is 192 g/mol. The Morgan fingerprint density at radius 2 is 1.79 bits per heavy atom. The molecule has 2 atom stereocenters. The van der Waals surface area contributed by atoms with Crippen LogP contribution in [-0.2, 0) is 4.79 Å². The van der Waals surface area contributed by atoms with Crippen LogP contribution < -0.4 is 0 Å². The van der Waals surface area contributed by atoms with Crippen molar-refractivity contribution < 1.29 is 9.90 Å². The highest BCUT2D eigenvalue weighted by atomic mass is 16.4. The normalized spacial score (nSPS) is 28.6. The topological polar surface area (TPSA) is 84.9 Å². The van der Waals surface area contributed by atoms with Gasteiger partial charge in [-0.1, -0.05) is 20.8 Å². The lowest BCUT2D eigenvalue weighted by Crippen LogP contribution is -2.14. The molecule has 0 saturated heterocycles. The van der Waals surface area contributed by atoms with Gasteiger partial charge in [0.2, 0.25) is 0 Å². The molecule has 0 amide bonds. The zero-order valence-corrected chi connectivity index (χ0v) is 8.40. The van der Waals surface area contributed by atoms with Crippen molar-refractivity contribution in [3.8, 4) is 12.1 Å². The summed E-state index contributed by atoms with van der Waals surface area (Å²) >= 11 is 0. The molecule has 0 aromatic rings. The summed E-state index contributed by atoms with van der Waals surface area (Å²) in [5.41, 5.74) is -1.64. The second-order valence-electron chi connectivity index (χ2n) is 4.75. The Morgan fingerprint density at radius 1 is 1.36 bits per heavy atom. The zero-order chi connectivity index (χ0) is 11.1. The second kappa shape index (κ2) is 2.72. The van der Waals surface area contributed by atoms with Crippen molar-refractivity contribution in [2.75, 3.05) is 0 Å². The van der Waals surface area contributed by atoms with E-state index in [0.717, 1.165) is 0 Å². The van der Waals surface area contributed by atoms with Gasteiger partial charge in [-0.2, -0.15) is 10.5 Å². The minimum atomic E-state index is -1.32. The molecule has 4 nitrogen and oxygen atoms in total. The molecule has 0 aromatic carbocycles. The Morgan fingerprint density at radius 3 is 1.86 bits per heavy atom. The van der Waals surface area contributed by atoms with E-state index >= 15 is 0 Å². The molecule has 1 aliphatic rings. The minimum Gasteiger partial charge on any atom is -0.481 e. The van der Waals surface area contributed by atoms with Crippen LogP contribution in [-0.4, -0.2) is 11.1 Å². The number of rotatable bonds is 1. The Labute approximate surface area is 82.8 Å². The van der Waals surface area contributed by atoms with Gasteiger partial charge in [-0.25, -0.2) is 0 Å². The van der Waals surface area contributed by atoms with Gasteiger partial charge in [-0.15, -0.1) is 0 Å². The standard InChI is InChI=1S/C10H12N2O2/c1-9(2,3)7-6(8(13)14)10(7,4-11)5-12/h6-7H,1-3H3,(H,13,14)/t6-,7-/m0/s1. The van der Waals surface area contributed by atoms with E-state index in [-0.39, 0.29) is 11.3 Å². The third-order valence-electron chi connectivity index (χ3n) is 2.77. The largest absolute Gasteiger partial charge is 0.481 e. The highest BCUT2D eigenvalue weighted by Gasteiger charge is 2.74. The smallest absolute Gasteiger partial charge is 0.309 e. The molecule has 74 valence electrons. The van der Waals surface area contributed by atoms with Gasteiger partial charge in [0.15, 0.2) is 5.41 Å². The van der Waals surface area contributed by atoms with E-state index in [9.17, 15) is 4.79 Å². The number of carboxylic acids is 1. The lowest BCUT2D eigenvalue weighted by Gasteiger charge is -2.17. The van der Waals surface area contributed by atoms with Crippen molar-refractivity contribution in [1.82, 2.24) is 0 Å². The van der Waals surface area contributed by atoms with Crippen LogP contribution in [0.2, 0.25) is 0 Å². The maximum Gasteiger partial charge on any atom is 0.309 e. The van der Waals surface area contributed by atoms with Crippen LogP contribution in [0.3, 0.4) is 0 Å². The number of aliphatic carboxylic acids is 1. The number of carbonyl (C=O) groups is 1. The van der Waals surface area contributed by atoms with Crippen LogP contribution in [0.15, 0.2) is 0 Å². The molecule has 4 heteroatoms. The van der Waals surface area contributed by atoms with Crippen LogP contribution in [0.5, 0.6) is 0 Å². The van der Waals surface area contributed by atoms with Gasteiger partial charge >= 0.3 is 5.97 Å². The predicted molar refractivity (Wildman–Crippen MR) is 47.7 cm³/mol. The maximum atomic E-state index is 10.8. The number of hydrogen-bond acceptors (Lipinski definition) is 3. The zero-order valence-electron chi connectivity index (χ0n) is 8.40. The van der Waals surface area contributed by atoms with E-state index in [2.05, 4.69) is 0 Å². The van der Waals surface area contributed by atoms with Gasteiger partial charge in [-0.05, 0) is 5.41 Å². The Balaban J connectivity index is 3.09. The van der Waals surface area contributed by atoms with Crippen molar-refractivity contribution >= 4 is 5.97 Å². The van der Waals surface area contributed by atoms with Gasteiger partial charge in [0.25, 0.3) is 0 Å². The summed E-state index contributed by atoms with van der Waals surface area (Å²) in [6.07, 6.45) is 0. The fourth-order valence-corrected chi connectivity index (χ4v) is 2.21. The van der Waals surface area contributed by atoms with E-state index in [4.69, 9.17) is 15.6 Å². The lowest BCUT2D eigenvalue weighted by molar-refractivity contribution is -0.139. The molecule has 0 spiro atoms. The molecule has 0 unspecified atom stereocenters. The molecule has 0 aliphatic heterocycles. The average Bonchev–Trinajstić information content (AvgIpc) is 2.73.